The predicted molar refractivity (Wildman–Crippen MR) is 160 cm³/mol. The van der Waals surface area contributed by atoms with Crippen LogP contribution >= 0.6 is 0 Å². The number of methoxy groups -OCH3 is 1. The summed E-state index contributed by atoms with van der Waals surface area (Å²) in [5.41, 5.74) is 3.82. The van der Waals surface area contributed by atoms with Crippen molar-refractivity contribution in [1.29, 1.82) is 0 Å². The van der Waals surface area contributed by atoms with Gasteiger partial charge in [0, 0.05) is 36.1 Å². The molecule has 5 rings (SSSR count). The van der Waals surface area contributed by atoms with E-state index in [1.54, 1.807) is 42.3 Å². The van der Waals surface area contributed by atoms with E-state index in [0.29, 0.717) is 22.8 Å². The van der Waals surface area contributed by atoms with Gasteiger partial charge < -0.3 is 30.1 Å². The summed E-state index contributed by atoms with van der Waals surface area (Å²) < 4.78 is 43.9. The molecule has 1 saturated heterocycles. The summed E-state index contributed by atoms with van der Waals surface area (Å²) in [4.78, 5) is 36.8. The Balaban J connectivity index is 0.000000591. The lowest BCUT2D eigenvalue weighted by Gasteiger charge is -2.28. The van der Waals surface area contributed by atoms with E-state index in [9.17, 15) is 22.8 Å². The number of morpholine rings is 1. The molecule has 0 unspecified atom stereocenters. The van der Waals surface area contributed by atoms with Gasteiger partial charge in [-0.1, -0.05) is 18.2 Å². The normalized spacial score (nSPS) is 12.8. The van der Waals surface area contributed by atoms with Gasteiger partial charge in [-0.15, -0.1) is 0 Å². The Morgan fingerprint density at radius 3 is 2.22 bits per heavy atom. The molecule has 4 aromatic rings. The Morgan fingerprint density at radius 2 is 1.60 bits per heavy atom. The zero-order valence-corrected chi connectivity index (χ0v) is 24.1. The molecule has 1 aromatic heterocycles. The topological polar surface area (TPSA) is 135 Å². The highest BCUT2D eigenvalue weighted by molar-refractivity contribution is 6.04. The van der Waals surface area contributed by atoms with Crippen LogP contribution in [0.2, 0.25) is 0 Å². The number of carboxylic acid groups (broad SMARTS) is 1. The highest BCUT2D eigenvalue weighted by atomic mass is 19.4. The van der Waals surface area contributed by atoms with Crippen molar-refractivity contribution in [3.8, 4) is 11.4 Å². The summed E-state index contributed by atoms with van der Waals surface area (Å²) in [7, 11) is 1.60. The third-order valence-electron chi connectivity index (χ3n) is 6.53. The Hall–Kier alpha value is -5.37. The number of nitrogens with one attached hydrogen (secondary N) is 2. The average molecular weight is 626 g/mol. The molecule has 3 N–H and O–H groups in total. The van der Waals surface area contributed by atoms with Crippen molar-refractivity contribution in [1.82, 2.24) is 9.78 Å². The van der Waals surface area contributed by atoms with Crippen molar-refractivity contribution < 1.29 is 42.1 Å². The standard InChI is InChI=1S/C29H29N5O4.C2HF3O2/c1-37-26-11-5-21(6-12-26)19-28(35)32-27-13-14-30-34(27)25-4-2-3-22(20-25)29(36)31-23-7-9-24(10-8-23)33-15-17-38-18-16-33;3-2(4,5)1(6)7/h2-14,20H,15-19H2,1H3,(H,31,36)(H,32,35);(H,6,7). The van der Waals surface area contributed by atoms with Crippen molar-refractivity contribution in [3.63, 3.8) is 0 Å². The van der Waals surface area contributed by atoms with Crippen LogP contribution in [0.5, 0.6) is 5.75 Å². The van der Waals surface area contributed by atoms with E-state index in [4.69, 9.17) is 19.4 Å². The number of carboxylic acids is 1. The number of aliphatic carboxylic acids is 1. The molecule has 1 fully saturated rings. The van der Waals surface area contributed by atoms with E-state index in [-0.39, 0.29) is 18.2 Å². The molecule has 11 nitrogen and oxygen atoms in total. The summed E-state index contributed by atoms with van der Waals surface area (Å²) in [6.07, 6.45) is -3.27. The summed E-state index contributed by atoms with van der Waals surface area (Å²) in [6, 6.07) is 24.0. The summed E-state index contributed by atoms with van der Waals surface area (Å²) >= 11 is 0. The van der Waals surface area contributed by atoms with Gasteiger partial charge in [-0.05, 0) is 60.2 Å². The first kappa shape index (κ1) is 32.5. The monoisotopic (exact) mass is 625 g/mol. The molecule has 45 heavy (non-hydrogen) atoms. The first-order valence-corrected chi connectivity index (χ1v) is 13.6. The number of alkyl halides is 3. The molecule has 0 aliphatic carbocycles. The van der Waals surface area contributed by atoms with Gasteiger partial charge in [0.25, 0.3) is 5.91 Å². The van der Waals surface area contributed by atoms with E-state index in [0.717, 1.165) is 43.3 Å². The van der Waals surface area contributed by atoms with Crippen LogP contribution in [0.4, 0.5) is 30.4 Å². The molecule has 2 heterocycles. The summed E-state index contributed by atoms with van der Waals surface area (Å²) in [6.45, 7) is 3.16. The van der Waals surface area contributed by atoms with Gasteiger partial charge in [0.15, 0.2) is 0 Å². The van der Waals surface area contributed by atoms with Gasteiger partial charge >= 0.3 is 12.1 Å². The van der Waals surface area contributed by atoms with Crippen molar-refractivity contribution in [2.24, 2.45) is 0 Å². The fourth-order valence-corrected chi connectivity index (χ4v) is 4.28. The third kappa shape index (κ3) is 9.31. The Morgan fingerprint density at radius 1 is 0.933 bits per heavy atom. The van der Waals surface area contributed by atoms with Crippen molar-refractivity contribution in [3.05, 3.63) is 96.2 Å². The minimum atomic E-state index is -5.08. The number of carbonyl (C=O) groups excluding carboxylic acids is 2. The van der Waals surface area contributed by atoms with Crippen LogP contribution in [0.1, 0.15) is 15.9 Å². The van der Waals surface area contributed by atoms with E-state index in [1.807, 2.05) is 54.6 Å². The molecule has 1 aliphatic heterocycles. The number of nitrogens with zero attached hydrogens (tertiary/aromatic N) is 3. The quantitative estimate of drug-likeness (QED) is 0.255. The molecule has 236 valence electrons. The van der Waals surface area contributed by atoms with Crippen LogP contribution < -0.4 is 20.3 Å². The van der Waals surface area contributed by atoms with Crippen LogP contribution in [-0.2, 0) is 20.7 Å². The number of benzene rings is 3. The molecule has 14 heteroatoms. The van der Waals surface area contributed by atoms with Gasteiger partial charge in [0.1, 0.15) is 11.6 Å². The first-order chi connectivity index (χ1) is 21.5. The SMILES string of the molecule is COc1ccc(CC(=O)Nc2ccnn2-c2cccc(C(=O)Nc3ccc(N4CCOCC4)cc3)c2)cc1.O=C(O)C(F)(F)F. The molecule has 3 aromatic carbocycles. The molecule has 0 spiro atoms. The zero-order chi connectivity index (χ0) is 32.4. The second-order valence-electron chi connectivity index (χ2n) is 9.65. The van der Waals surface area contributed by atoms with Crippen molar-refractivity contribution in [2.75, 3.05) is 48.9 Å². The highest BCUT2D eigenvalue weighted by Crippen LogP contribution is 2.21. The van der Waals surface area contributed by atoms with Crippen LogP contribution in [-0.4, -0.2) is 72.3 Å². The minimum absolute atomic E-state index is 0.175. The molecule has 0 saturated carbocycles. The molecule has 0 radical (unpaired) electrons. The van der Waals surface area contributed by atoms with E-state index in [1.165, 1.54) is 0 Å². The molecular weight excluding hydrogens is 595 g/mol. The number of hydrogen-bond donors (Lipinski definition) is 3. The summed E-state index contributed by atoms with van der Waals surface area (Å²) in [5.74, 6) is -1.91. The predicted octanol–water partition coefficient (Wildman–Crippen LogP) is 4.78. The Kier molecular flexibility index (Phi) is 10.8. The lowest BCUT2D eigenvalue weighted by Crippen LogP contribution is -2.36. The highest BCUT2D eigenvalue weighted by Gasteiger charge is 2.38. The maximum atomic E-state index is 13.0. The minimum Gasteiger partial charge on any atom is -0.497 e. The smallest absolute Gasteiger partial charge is 0.490 e. The lowest BCUT2D eigenvalue weighted by molar-refractivity contribution is -0.192. The van der Waals surface area contributed by atoms with Gasteiger partial charge in [-0.3, -0.25) is 9.59 Å². The van der Waals surface area contributed by atoms with E-state index >= 15 is 0 Å². The van der Waals surface area contributed by atoms with Gasteiger partial charge in [-0.2, -0.15) is 18.3 Å². The number of carbonyl (C=O) groups is 3. The summed E-state index contributed by atoms with van der Waals surface area (Å²) in [5, 5.41) is 17.3. The number of ether oxygens (including phenoxy) is 2. The van der Waals surface area contributed by atoms with Crippen LogP contribution in [0, 0.1) is 0 Å². The fraction of sp³-hybridized carbons (Fsp3) is 0.226. The lowest BCUT2D eigenvalue weighted by atomic mass is 10.1. The second-order valence-corrected chi connectivity index (χ2v) is 9.65. The Labute approximate surface area is 256 Å². The van der Waals surface area contributed by atoms with Crippen LogP contribution in [0.25, 0.3) is 5.69 Å². The number of rotatable bonds is 8. The van der Waals surface area contributed by atoms with Gasteiger partial charge in [0.05, 0.1) is 38.6 Å². The third-order valence-corrected chi connectivity index (χ3v) is 6.53. The van der Waals surface area contributed by atoms with Crippen molar-refractivity contribution in [2.45, 2.75) is 12.6 Å². The van der Waals surface area contributed by atoms with Gasteiger partial charge in [-0.25, -0.2) is 9.48 Å². The van der Waals surface area contributed by atoms with E-state index in [2.05, 4.69) is 20.6 Å². The van der Waals surface area contributed by atoms with Crippen molar-refractivity contribution >= 4 is 35.0 Å². The molecule has 0 atom stereocenters. The number of aromatic nitrogens is 2. The van der Waals surface area contributed by atoms with Crippen LogP contribution in [0.15, 0.2) is 85.1 Å². The molecule has 2 amide bonds. The van der Waals surface area contributed by atoms with E-state index < -0.39 is 12.1 Å². The average Bonchev–Trinajstić information content (AvgIpc) is 3.50. The fourth-order valence-electron chi connectivity index (χ4n) is 4.28. The second kappa shape index (κ2) is 14.9. The largest absolute Gasteiger partial charge is 0.497 e. The number of amides is 2. The first-order valence-electron chi connectivity index (χ1n) is 13.6. The number of halogens is 3. The maximum absolute atomic E-state index is 13.0. The zero-order valence-electron chi connectivity index (χ0n) is 24.1. The molecule has 1 aliphatic rings. The molecule has 0 bridgehead atoms. The molecular formula is C31H30F3N5O6. The maximum Gasteiger partial charge on any atom is 0.490 e. The van der Waals surface area contributed by atoms with Gasteiger partial charge in [0.2, 0.25) is 5.91 Å². The van der Waals surface area contributed by atoms with Crippen LogP contribution in [0.3, 0.4) is 0 Å². The number of hydrogen-bond acceptors (Lipinski definition) is 7. The number of anilines is 3. The Bertz CT molecular complexity index is 1600.